The van der Waals surface area contributed by atoms with Crippen LogP contribution in [0, 0.1) is 10.1 Å². The molecule has 1 aromatic carbocycles. The van der Waals surface area contributed by atoms with Crippen molar-refractivity contribution in [3.05, 3.63) is 34.4 Å². The highest BCUT2D eigenvalue weighted by Crippen LogP contribution is 2.27. The maximum atomic E-state index is 10.8. The van der Waals surface area contributed by atoms with E-state index >= 15 is 0 Å². The molecule has 92 valence electrons. The van der Waals surface area contributed by atoms with Gasteiger partial charge in [-0.25, -0.2) is 0 Å². The van der Waals surface area contributed by atoms with Gasteiger partial charge in [0.25, 0.3) is 5.69 Å². The van der Waals surface area contributed by atoms with E-state index in [4.69, 9.17) is 5.11 Å². The number of para-hydroxylation sites is 2. The zero-order chi connectivity index (χ0) is 12.8. The number of carbonyl (C=O) groups is 1. The summed E-state index contributed by atoms with van der Waals surface area (Å²) in [5.41, 5.74) is 0.281. The molecule has 0 radical (unpaired) electrons. The Morgan fingerprint density at radius 2 is 2.12 bits per heavy atom. The minimum atomic E-state index is -1.00. The quantitative estimate of drug-likeness (QED) is 0.604. The number of anilines is 1. The zero-order valence-corrected chi connectivity index (χ0v) is 9.50. The lowest BCUT2D eigenvalue weighted by Crippen LogP contribution is -2.30. The third-order valence-corrected chi connectivity index (χ3v) is 2.24. The van der Waals surface area contributed by atoms with Gasteiger partial charge in [0.15, 0.2) is 0 Å². The van der Waals surface area contributed by atoms with Crippen LogP contribution >= 0.6 is 0 Å². The van der Waals surface area contributed by atoms with E-state index in [1.807, 2.05) is 6.92 Å². The van der Waals surface area contributed by atoms with Crippen LogP contribution in [0.15, 0.2) is 24.3 Å². The number of rotatable bonds is 6. The van der Waals surface area contributed by atoms with Gasteiger partial charge in [0.1, 0.15) is 12.2 Å². The molecule has 0 aromatic heterocycles. The van der Waals surface area contributed by atoms with E-state index < -0.39 is 10.9 Å². The molecule has 17 heavy (non-hydrogen) atoms. The minimum absolute atomic E-state index is 0.0674. The molecule has 0 aliphatic carbocycles. The van der Waals surface area contributed by atoms with Gasteiger partial charge in [-0.05, 0) is 12.5 Å². The van der Waals surface area contributed by atoms with Gasteiger partial charge in [-0.3, -0.25) is 14.9 Å². The van der Waals surface area contributed by atoms with Gasteiger partial charge >= 0.3 is 5.97 Å². The van der Waals surface area contributed by atoms with Gasteiger partial charge in [-0.2, -0.15) is 0 Å². The van der Waals surface area contributed by atoms with Crippen molar-refractivity contribution in [1.82, 2.24) is 0 Å². The van der Waals surface area contributed by atoms with Crippen molar-refractivity contribution in [2.75, 3.05) is 18.0 Å². The van der Waals surface area contributed by atoms with Crippen LogP contribution in [0.5, 0.6) is 0 Å². The molecule has 0 heterocycles. The highest BCUT2D eigenvalue weighted by Gasteiger charge is 2.19. The highest BCUT2D eigenvalue weighted by molar-refractivity contribution is 5.76. The first-order valence-corrected chi connectivity index (χ1v) is 5.26. The second-order valence-corrected chi connectivity index (χ2v) is 3.56. The fourth-order valence-corrected chi connectivity index (χ4v) is 1.60. The number of aliphatic carboxylic acids is 1. The van der Waals surface area contributed by atoms with E-state index in [0.29, 0.717) is 12.2 Å². The molecule has 0 fully saturated rings. The van der Waals surface area contributed by atoms with E-state index in [9.17, 15) is 14.9 Å². The molecule has 0 atom stereocenters. The minimum Gasteiger partial charge on any atom is -0.480 e. The Hall–Kier alpha value is -2.11. The van der Waals surface area contributed by atoms with Crippen molar-refractivity contribution < 1.29 is 14.8 Å². The summed E-state index contributed by atoms with van der Waals surface area (Å²) >= 11 is 0. The highest BCUT2D eigenvalue weighted by atomic mass is 16.6. The van der Waals surface area contributed by atoms with Gasteiger partial charge in [-0.15, -0.1) is 0 Å². The summed E-state index contributed by atoms with van der Waals surface area (Å²) in [5, 5.41) is 19.6. The zero-order valence-electron chi connectivity index (χ0n) is 9.50. The number of carboxylic acid groups (broad SMARTS) is 1. The van der Waals surface area contributed by atoms with Gasteiger partial charge in [0, 0.05) is 12.6 Å². The monoisotopic (exact) mass is 238 g/mol. The number of carboxylic acids is 1. The van der Waals surface area contributed by atoms with Crippen molar-refractivity contribution in [2.24, 2.45) is 0 Å². The average molecular weight is 238 g/mol. The number of hydrogen-bond acceptors (Lipinski definition) is 4. The third-order valence-electron chi connectivity index (χ3n) is 2.24. The largest absolute Gasteiger partial charge is 0.480 e. The Kier molecular flexibility index (Phi) is 4.45. The smallest absolute Gasteiger partial charge is 0.323 e. The molecule has 0 aliphatic rings. The Morgan fingerprint density at radius 1 is 1.47 bits per heavy atom. The summed E-state index contributed by atoms with van der Waals surface area (Å²) in [6.07, 6.45) is 0.722. The van der Waals surface area contributed by atoms with Crippen molar-refractivity contribution in [1.29, 1.82) is 0 Å². The summed E-state index contributed by atoms with van der Waals surface area (Å²) in [7, 11) is 0. The van der Waals surface area contributed by atoms with Crippen LogP contribution in [0.25, 0.3) is 0 Å². The second-order valence-electron chi connectivity index (χ2n) is 3.56. The normalized spacial score (nSPS) is 9.94. The van der Waals surface area contributed by atoms with Crippen LogP contribution in [0.3, 0.4) is 0 Å². The molecule has 0 aliphatic heterocycles. The number of benzene rings is 1. The molecule has 1 N–H and O–H groups in total. The Balaban J connectivity index is 3.08. The standard InChI is InChI=1S/C11H14N2O4/c1-2-7-12(8-11(14)15)9-5-3-4-6-10(9)13(16)17/h3-6H,2,7-8H2,1H3,(H,14,15). The van der Waals surface area contributed by atoms with Crippen LogP contribution in [0.2, 0.25) is 0 Å². The van der Waals surface area contributed by atoms with Crippen molar-refractivity contribution in [3.63, 3.8) is 0 Å². The van der Waals surface area contributed by atoms with Crippen molar-refractivity contribution >= 4 is 17.3 Å². The Labute approximate surface area is 98.6 Å². The molecule has 0 unspecified atom stereocenters. The number of hydrogen-bond donors (Lipinski definition) is 1. The van der Waals surface area contributed by atoms with Crippen molar-refractivity contribution in [3.8, 4) is 0 Å². The number of nitro groups is 1. The molecule has 0 amide bonds. The summed E-state index contributed by atoms with van der Waals surface area (Å²) in [4.78, 5) is 22.6. The fourth-order valence-electron chi connectivity index (χ4n) is 1.60. The van der Waals surface area contributed by atoms with E-state index in [-0.39, 0.29) is 12.2 Å². The van der Waals surface area contributed by atoms with E-state index in [1.54, 1.807) is 18.2 Å². The lowest BCUT2D eigenvalue weighted by atomic mass is 10.2. The molecule has 0 saturated carbocycles. The molecule has 0 spiro atoms. The number of nitro benzene ring substituents is 1. The third kappa shape index (κ3) is 3.44. The fraction of sp³-hybridized carbons (Fsp3) is 0.364. The molecule has 1 aromatic rings. The predicted octanol–water partition coefficient (Wildman–Crippen LogP) is 1.90. The van der Waals surface area contributed by atoms with Gasteiger partial charge in [0.05, 0.1) is 4.92 Å². The maximum Gasteiger partial charge on any atom is 0.323 e. The van der Waals surface area contributed by atoms with Crippen LogP contribution in [-0.4, -0.2) is 29.1 Å². The van der Waals surface area contributed by atoms with Crippen LogP contribution in [0.4, 0.5) is 11.4 Å². The lowest BCUT2D eigenvalue weighted by molar-refractivity contribution is -0.384. The van der Waals surface area contributed by atoms with Crippen LogP contribution < -0.4 is 4.90 Å². The van der Waals surface area contributed by atoms with Crippen LogP contribution in [-0.2, 0) is 4.79 Å². The first-order chi connectivity index (χ1) is 8.06. The topological polar surface area (TPSA) is 83.7 Å². The summed E-state index contributed by atoms with van der Waals surface area (Å²) in [6, 6.07) is 6.16. The first-order valence-electron chi connectivity index (χ1n) is 5.26. The number of nitrogens with zero attached hydrogens (tertiary/aromatic N) is 2. The summed E-state index contributed by atoms with van der Waals surface area (Å²) in [6.45, 7) is 2.12. The molecule has 0 saturated heterocycles. The molecular weight excluding hydrogens is 224 g/mol. The van der Waals surface area contributed by atoms with Crippen molar-refractivity contribution in [2.45, 2.75) is 13.3 Å². The summed E-state index contributed by atoms with van der Waals surface area (Å²) in [5.74, 6) is -1.00. The summed E-state index contributed by atoms with van der Waals surface area (Å²) < 4.78 is 0. The van der Waals surface area contributed by atoms with Crippen LogP contribution in [0.1, 0.15) is 13.3 Å². The lowest BCUT2D eigenvalue weighted by Gasteiger charge is -2.21. The SMILES string of the molecule is CCCN(CC(=O)O)c1ccccc1[N+](=O)[O-]. The van der Waals surface area contributed by atoms with E-state index in [2.05, 4.69) is 0 Å². The van der Waals surface area contributed by atoms with Gasteiger partial charge in [-0.1, -0.05) is 19.1 Å². The first kappa shape index (κ1) is 13.0. The molecular formula is C11H14N2O4. The molecule has 6 heteroatoms. The molecule has 6 nitrogen and oxygen atoms in total. The van der Waals surface area contributed by atoms with E-state index in [0.717, 1.165) is 6.42 Å². The average Bonchev–Trinajstić information content (AvgIpc) is 2.28. The van der Waals surface area contributed by atoms with Gasteiger partial charge < -0.3 is 10.0 Å². The van der Waals surface area contributed by atoms with Gasteiger partial charge in [0.2, 0.25) is 0 Å². The second kappa shape index (κ2) is 5.83. The Morgan fingerprint density at radius 3 is 2.65 bits per heavy atom. The molecule has 1 rings (SSSR count). The maximum absolute atomic E-state index is 10.8. The predicted molar refractivity (Wildman–Crippen MR) is 63.2 cm³/mol. The molecule has 0 bridgehead atoms. The van der Waals surface area contributed by atoms with E-state index in [1.165, 1.54) is 11.0 Å². The Bertz CT molecular complexity index is 420.